The molecule has 1 saturated carbocycles. The number of phosphoric acid groups is 1. The summed E-state index contributed by atoms with van der Waals surface area (Å²) in [7, 11) is 1.22. The molecule has 326 valence electrons. The summed E-state index contributed by atoms with van der Waals surface area (Å²) in [6, 6.07) is 0. The summed E-state index contributed by atoms with van der Waals surface area (Å²) in [5, 5.41) is 20.7. The SMILES string of the molecule is CCCCCCCCCCCCCC/C=C/O[C@H](COC(=O)CCC/C=C\C[C@H]1[C@@H](O)CC(=O)[C@@H]1/C=C/[C@@H](O)CCCCC)COP(=O)([O-])OCC[N+](C)(C)C. The number of allylic oxidation sites excluding steroid dienone is 4. The van der Waals surface area contributed by atoms with E-state index < -0.39 is 38.0 Å². The van der Waals surface area contributed by atoms with E-state index in [2.05, 4.69) is 13.8 Å². The van der Waals surface area contributed by atoms with Crippen LogP contribution < -0.4 is 4.89 Å². The molecule has 12 heteroatoms. The lowest BCUT2D eigenvalue weighted by Gasteiger charge is -2.28. The number of phosphoric ester groups is 1. The first-order valence-electron chi connectivity index (χ1n) is 21.9. The summed E-state index contributed by atoms with van der Waals surface area (Å²) >= 11 is 0. The fourth-order valence-corrected chi connectivity index (χ4v) is 7.30. The first-order chi connectivity index (χ1) is 26.8. The number of aliphatic hydroxyl groups is 2. The Balaban J connectivity index is 2.48. The van der Waals surface area contributed by atoms with Gasteiger partial charge in [0.15, 0.2) is 6.10 Å². The number of hydrogen-bond donors (Lipinski definition) is 2. The van der Waals surface area contributed by atoms with Gasteiger partial charge < -0.3 is 38.1 Å². The van der Waals surface area contributed by atoms with Gasteiger partial charge in [-0.05, 0) is 44.6 Å². The van der Waals surface area contributed by atoms with Crippen LogP contribution in [0.4, 0.5) is 0 Å². The molecule has 0 aromatic heterocycles. The fourth-order valence-electron chi connectivity index (χ4n) is 6.57. The fraction of sp³-hybridized carbons (Fsp3) is 0.818. The Morgan fingerprint density at radius 1 is 0.857 bits per heavy atom. The minimum absolute atomic E-state index is 0.0103. The smallest absolute Gasteiger partial charge is 0.305 e. The zero-order valence-electron chi connectivity index (χ0n) is 35.8. The van der Waals surface area contributed by atoms with Crippen LogP contribution >= 0.6 is 7.82 Å². The average Bonchev–Trinajstić information content (AvgIpc) is 3.41. The number of unbranched alkanes of at least 4 members (excludes halogenated alkanes) is 15. The average molecular weight is 814 g/mol. The topological polar surface area (TPSA) is 152 Å². The van der Waals surface area contributed by atoms with E-state index in [1.54, 1.807) is 12.2 Å². The van der Waals surface area contributed by atoms with Crippen LogP contribution in [0.25, 0.3) is 0 Å². The molecule has 0 aromatic rings. The molecule has 0 saturated heterocycles. The molecule has 0 radical (unpaired) electrons. The molecule has 0 aliphatic heterocycles. The van der Waals surface area contributed by atoms with Crippen LogP contribution in [-0.2, 0) is 32.7 Å². The number of ether oxygens (including phenoxy) is 2. The van der Waals surface area contributed by atoms with Gasteiger partial charge in [-0.15, -0.1) is 0 Å². The molecule has 56 heavy (non-hydrogen) atoms. The van der Waals surface area contributed by atoms with Crippen molar-refractivity contribution in [2.75, 3.05) is 47.5 Å². The highest BCUT2D eigenvalue weighted by atomic mass is 31.2. The summed E-state index contributed by atoms with van der Waals surface area (Å²) in [6.45, 7) is 4.29. The number of quaternary nitrogens is 1. The van der Waals surface area contributed by atoms with E-state index >= 15 is 0 Å². The van der Waals surface area contributed by atoms with E-state index in [0.717, 1.165) is 38.5 Å². The highest BCUT2D eigenvalue weighted by Gasteiger charge is 2.39. The van der Waals surface area contributed by atoms with E-state index in [-0.39, 0.29) is 44.4 Å². The monoisotopic (exact) mass is 814 g/mol. The molecular formula is C44H80NO10P. The number of likely N-dealkylation sites (N-methyl/N-ethyl adjacent to an activating group) is 1. The molecule has 1 rings (SSSR count). The molecule has 6 atom stereocenters. The standard InChI is InChI=1S/C44H80NO10P/c1-6-8-10-11-12-13-14-15-16-17-18-19-22-26-33-52-39(37-55-56(50,51)54-34-32-45(3,4)5)36-53-44(49)29-25-21-20-24-28-40-41(43(48)35-42(40)47)31-30-38(46)27-23-9-7-2/h20,24,26,30-31,33,38-42,46-47H,6-19,21-23,25,27-29,32,34-37H2,1-5H3/b24-20-,31-30+,33-26+/t38-,39+,40+,41+,42-/m0/s1. The second-order valence-electron chi connectivity index (χ2n) is 16.6. The summed E-state index contributed by atoms with van der Waals surface area (Å²) < 4.78 is 34.2. The van der Waals surface area contributed by atoms with Crippen molar-refractivity contribution in [1.29, 1.82) is 0 Å². The van der Waals surface area contributed by atoms with Crippen LogP contribution in [0.15, 0.2) is 36.6 Å². The Kier molecular flexibility index (Phi) is 29.9. The van der Waals surface area contributed by atoms with Crippen molar-refractivity contribution in [2.45, 2.75) is 173 Å². The van der Waals surface area contributed by atoms with E-state index in [1.165, 1.54) is 70.5 Å². The third-order valence-electron chi connectivity index (χ3n) is 10.2. The third kappa shape index (κ3) is 28.5. The maximum absolute atomic E-state index is 12.6. The van der Waals surface area contributed by atoms with Gasteiger partial charge in [0.1, 0.15) is 25.5 Å². The Morgan fingerprint density at radius 2 is 1.46 bits per heavy atom. The molecular weight excluding hydrogens is 733 g/mol. The number of carbonyl (C=O) groups excluding carboxylic acids is 2. The molecule has 0 bridgehead atoms. The number of ketones is 1. The lowest BCUT2D eigenvalue weighted by atomic mass is 9.90. The Hall–Kier alpha value is -1.85. The van der Waals surface area contributed by atoms with Crippen LogP contribution in [0, 0.1) is 11.8 Å². The molecule has 1 aliphatic rings. The predicted molar refractivity (Wildman–Crippen MR) is 223 cm³/mol. The molecule has 0 spiro atoms. The van der Waals surface area contributed by atoms with Crippen LogP contribution in [0.2, 0.25) is 0 Å². The van der Waals surface area contributed by atoms with Gasteiger partial charge >= 0.3 is 5.97 Å². The van der Waals surface area contributed by atoms with Crippen molar-refractivity contribution in [3.05, 3.63) is 36.6 Å². The van der Waals surface area contributed by atoms with Crippen LogP contribution in [0.1, 0.15) is 155 Å². The Bertz CT molecular complexity index is 1150. The molecule has 0 amide bonds. The van der Waals surface area contributed by atoms with Gasteiger partial charge in [-0.3, -0.25) is 14.2 Å². The second-order valence-corrected chi connectivity index (χ2v) is 18.0. The van der Waals surface area contributed by atoms with Gasteiger partial charge in [0, 0.05) is 24.7 Å². The minimum Gasteiger partial charge on any atom is -0.756 e. The molecule has 2 N–H and O–H groups in total. The van der Waals surface area contributed by atoms with Crippen LogP contribution in [-0.4, -0.2) is 92.3 Å². The Labute approximate surface area is 340 Å². The summed E-state index contributed by atoms with van der Waals surface area (Å²) in [4.78, 5) is 37.5. The lowest BCUT2D eigenvalue weighted by Crippen LogP contribution is -2.37. The van der Waals surface area contributed by atoms with Crippen LogP contribution in [0.3, 0.4) is 0 Å². The van der Waals surface area contributed by atoms with E-state index in [9.17, 15) is 29.3 Å². The first-order valence-corrected chi connectivity index (χ1v) is 23.3. The van der Waals surface area contributed by atoms with Crippen molar-refractivity contribution in [3.8, 4) is 0 Å². The van der Waals surface area contributed by atoms with Gasteiger partial charge in [-0.25, -0.2) is 0 Å². The molecule has 0 heterocycles. The van der Waals surface area contributed by atoms with Gasteiger partial charge in [0.25, 0.3) is 7.82 Å². The predicted octanol–water partition coefficient (Wildman–Crippen LogP) is 8.91. The van der Waals surface area contributed by atoms with Gasteiger partial charge in [0.2, 0.25) is 0 Å². The van der Waals surface area contributed by atoms with E-state index in [0.29, 0.717) is 36.7 Å². The summed E-state index contributed by atoms with van der Waals surface area (Å²) in [6.07, 6.45) is 30.5. The summed E-state index contributed by atoms with van der Waals surface area (Å²) in [5.74, 6) is -1.10. The lowest BCUT2D eigenvalue weighted by molar-refractivity contribution is -0.870. The molecule has 0 aromatic carbocycles. The number of rotatable bonds is 36. The quantitative estimate of drug-likeness (QED) is 0.0157. The highest BCUT2D eigenvalue weighted by Crippen LogP contribution is 2.38. The zero-order chi connectivity index (χ0) is 41.5. The number of nitrogens with zero attached hydrogens (tertiary/aromatic N) is 1. The number of aliphatic hydroxyl groups excluding tert-OH is 2. The van der Waals surface area contributed by atoms with Gasteiger partial charge in [-0.2, -0.15) is 0 Å². The largest absolute Gasteiger partial charge is 0.756 e. The zero-order valence-corrected chi connectivity index (χ0v) is 36.7. The number of esters is 1. The number of carbonyl (C=O) groups is 2. The third-order valence-corrected chi connectivity index (χ3v) is 11.1. The Morgan fingerprint density at radius 3 is 2.11 bits per heavy atom. The summed E-state index contributed by atoms with van der Waals surface area (Å²) in [5.41, 5.74) is 0. The minimum atomic E-state index is -4.58. The van der Waals surface area contributed by atoms with Crippen molar-refractivity contribution in [3.63, 3.8) is 0 Å². The molecule has 11 nitrogen and oxygen atoms in total. The maximum atomic E-state index is 12.6. The van der Waals surface area contributed by atoms with Gasteiger partial charge in [0.05, 0.1) is 46.2 Å². The van der Waals surface area contributed by atoms with E-state index in [1.807, 2.05) is 39.4 Å². The van der Waals surface area contributed by atoms with Crippen LogP contribution in [0.5, 0.6) is 0 Å². The first kappa shape index (κ1) is 52.2. The molecule has 1 fully saturated rings. The number of hydrogen-bond acceptors (Lipinski definition) is 10. The van der Waals surface area contributed by atoms with Crippen molar-refractivity contribution < 1.29 is 52.3 Å². The molecule has 1 aliphatic carbocycles. The van der Waals surface area contributed by atoms with Crippen molar-refractivity contribution >= 4 is 19.6 Å². The maximum Gasteiger partial charge on any atom is 0.305 e. The highest BCUT2D eigenvalue weighted by molar-refractivity contribution is 7.45. The van der Waals surface area contributed by atoms with Crippen molar-refractivity contribution in [1.82, 2.24) is 0 Å². The van der Waals surface area contributed by atoms with Crippen molar-refractivity contribution in [2.24, 2.45) is 11.8 Å². The van der Waals surface area contributed by atoms with Gasteiger partial charge in [-0.1, -0.05) is 128 Å². The number of Topliss-reactive ketones (excluding diaryl/α,β-unsaturated/α-hetero) is 1. The molecule has 1 unspecified atom stereocenters. The second kappa shape index (κ2) is 32.1. The van der Waals surface area contributed by atoms with E-state index in [4.69, 9.17) is 18.5 Å². The normalized spacial score (nSPS) is 20.0.